The van der Waals surface area contributed by atoms with E-state index in [0.717, 1.165) is 24.8 Å². The van der Waals surface area contributed by atoms with Crippen molar-refractivity contribution in [2.75, 3.05) is 6.54 Å². The average molecular weight is 447 g/mol. The molecule has 0 aromatic heterocycles. The minimum absolute atomic E-state index is 0.0291. The second-order valence-corrected chi connectivity index (χ2v) is 9.19. The molecule has 7 nitrogen and oxygen atoms in total. The van der Waals surface area contributed by atoms with Gasteiger partial charge in [-0.3, -0.25) is 14.4 Å². The highest BCUT2D eigenvalue weighted by molar-refractivity contribution is 5.92. The normalized spacial score (nSPS) is 14.8. The van der Waals surface area contributed by atoms with E-state index in [0.29, 0.717) is 18.9 Å². The van der Waals surface area contributed by atoms with Gasteiger partial charge in [0.2, 0.25) is 17.7 Å². The van der Waals surface area contributed by atoms with E-state index in [1.807, 2.05) is 44.2 Å². The Kier molecular flexibility index (Phi) is 12.6. The van der Waals surface area contributed by atoms with Crippen molar-refractivity contribution in [2.45, 2.75) is 90.8 Å². The molecule has 180 valence electrons. The molecular formula is C25H42N4O3. The molecule has 0 fully saturated rings. The summed E-state index contributed by atoms with van der Waals surface area (Å²) in [4.78, 5) is 38.0. The quantitative estimate of drug-likeness (QED) is 0.329. The summed E-state index contributed by atoms with van der Waals surface area (Å²) < 4.78 is 0. The van der Waals surface area contributed by atoms with Crippen LogP contribution in [-0.2, 0) is 14.4 Å². The van der Waals surface area contributed by atoms with Crippen molar-refractivity contribution in [3.8, 4) is 0 Å². The Morgan fingerprint density at radius 3 is 2.12 bits per heavy atom. The molecule has 1 aromatic rings. The Bertz CT molecular complexity index is 708. The maximum Gasteiger partial charge on any atom is 0.243 e. The number of carbonyl (C=O) groups excluding carboxylic acids is 3. The lowest BCUT2D eigenvalue weighted by atomic mass is 9.97. The molecule has 4 atom stereocenters. The summed E-state index contributed by atoms with van der Waals surface area (Å²) in [6.45, 7) is 10.3. The fourth-order valence-corrected chi connectivity index (χ4v) is 3.71. The zero-order valence-corrected chi connectivity index (χ0v) is 20.3. The standard InChI is InChI=1S/C25H42N4O3/c1-17(2)15-19(4)27-24(31)20(5)28-25(32)22(13-9-10-14-26)29-23(30)16-18(3)21-11-7-6-8-12-21/h6-8,11-12,17-20,22H,9-10,13-16,26H2,1-5H3,(H,27,31)(H,28,32)(H,29,30)/t18-,19+,20?,22-/m0/s1. The van der Waals surface area contributed by atoms with Crippen LogP contribution in [0.25, 0.3) is 0 Å². The third-order valence-corrected chi connectivity index (χ3v) is 5.42. The average Bonchev–Trinajstić information content (AvgIpc) is 2.72. The van der Waals surface area contributed by atoms with Crippen LogP contribution in [-0.4, -0.2) is 42.4 Å². The first-order chi connectivity index (χ1) is 15.1. The molecular weight excluding hydrogens is 404 g/mol. The third-order valence-electron chi connectivity index (χ3n) is 5.42. The molecule has 5 N–H and O–H groups in total. The molecule has 0 bridgehead atoms. The highest BCUT2D eigenvalue weighted by atomic mass is 16.2. The summed E-state index contributed by atoms with van der Waals surface area (Å²) in [7, 11) is 0. The number of carbonyl (C=O) groups is 3. The van der Waals surface area contributed by atoms with Gasteiger partial charge in [0, 0.05) is 12.5 Å². The molecule has 0 saturated carbocycles. The Morgan fingerprint density at radius 2 is 1.53 bits per heavy atom. The molecule has 0 spiro atoms. The molecule has 0 aliphatic carbocycles. The van der Waals surface area contributed by atoms with Crippen molar-refractivity contribution < 1.29 is 14.4 Å². The highest BCUT2D eigenvalue weighted by Gasteiger charge is 2.25. The molecule has 1 unspecified atom stereocenters. The van der Waals surface area contributed by atoms with Gasteiger partial charge in [0.15, 0.2) is 0 Å². The zero-order chi connectivity index (χ0) is 24.1. The summed E-state index contributed by atoms with van der Waals surface area (Å²) in [5, 5.41) is 8.56. The van der Waals surface area contributed by atoms with E-state index >= 15 is 0 Å². The summed E-state index contributed by atoms with van der Waals surface area (Å²) in [5.74, 6) is -0.248. The van der Waals surface area contributed by atoms with Crippen LogP contribution in [0, 0.1) is 5.92 Å². The van der Waals surface area contributed by atoms with Crippen LogP contribution in [0.3, 0.4) is 0 Å². The largest absolute Gasteiger partial charge is 0.352 e. The minimum atomic E-state index is -0.694. The molecule has 0 heterocycles. The summed E-state index contributed by atoms with van der Waals surface area (Å²) in [6.07, 6.45) is 3.11. The van der Waals surface area contributed by atoms with Crippen molar-refractivity contribution >= 4 is 17.7 Å². The molecule has 0 radical (unpaired) electrons. The molecule has 0 aliphatic heterocycles. The van der Waals surface area contributed by atoms with Crippen molar-refractivity contribution in [2.24, 2.45) is 11.7 Å². The molecule has 0 saturated heterocycles. The van der Waals surface area contributed by atoms with Crippen LogP contribution in [0.1, 0.15) is 78.2 Å². The maximum absolute atomic E-state index is 12.9. The number of rotatable bonds is 14. The van der Waals surface area contributed by atoms with E-state index in [2.05, 4.69) is 29.8 Å². The Hall–Kier alpha value is -2.41. The van der Waals surface area contributed by atoms with Gasteiger partial charge in [-0.2, -0.15) is 0 Å². The molecule has 3 amide bonds. The smallest absolute Gasteiger partial charge is 0.243 e. The molecule has 7 heteroatoms. The predicted molar refractivity (Wildman–Crippen MR) is 129 cm³/mol. The second-order valence-electron chi connectivity index (χ2n) is 9.19. The van der Waals surface area contributed by atoms with Gasteiger partial charge >= 0.3 is 0 Å². The summed E-state index contributed by atoms with van der Waals surface area (Å²) in [5.41, 5.74) is 6.66. The number of nitrogens with one attached hydrogen (secondary N) is 3. The van der Waals surface area contributed by atoms with Crippen LogP contribution in [0.2, 0.25) is 0 Å². The van der Waals surface area contributed by atoms with Gasteiger partial charge in [-0.25, -0.2) is 0 Å². The monoisotopic (exact) mass is 446 g/mol. The molecule has 1 rings (SSSR count). The molecule has 1 aromatic carbocycles. The van der Waals surface area contributed by atoms with Gasteiger partial charge in [0.1, 0.15) is 12.1 Å². The van der Waals surface area contributed by atoms with Gasteiger partial charge < -0.3 is 21.7 Å². The topological polar surface area (TPSA) is 113 Å². The third kappa shape index (κ3) is 10.8. The van der Waals surface area contributed by atoms with Gasteiger partial charge in [-0.1, -0.05) is 51.1 Å². The van der Waals surface area contributed by atoms with Gasteiger partial charge in [0.25, 0.3) is 0 Å². The lowest BCUT2D eigenvalue weighted by Crippen LogP contribution is -2.53. The number of benzene rings is 1. The predicted octanol–water partition coefficient (Wildman–Crippen LogP) is 2.85. The first-order valence-corrected chi connectivity index (χ1v) is 11.8. The number of hydrogen-bond acceptors (Lipinski definition) is 4. The Labute approximate surface area is 193 Å². The van der Waals surface area contributed by atoms with Crippen molar-refractivity contribution in [1.82, 2.24) is 16.0 Å². The van der Waals surface area contributed by atoms with E-state index in [1.54, 1.807) is 6.92 Å². The van der Waals surface area contributed by atoms with Crippen LogP contribution in [0.15, 0.2) is 30.3 Å². The lowest BCUT2D eigenvalue weighted by molar-refractivity contribution is -0.132. The highest BCUT2D eigenvalue weighted by Crippen LogP contribution is 2.18. The fraction of sp³-hybridized carbons (Fsp3) is 0.640. The SMILES string of the molecule is CC(C)C[C@@H](C)NC(=O)C(C)NC(=O)[C@H](CCCCN)NC(=O)C[C@H](C)c1ccccc1. The van der Waals surface area contributed by atoms with E-state index in [-0.39, 0.29) is 36.1 Å². The van der Waals surface area contributed by atoms with Crippen LogP contribution in [0.5, 0.6) is 0 Å². The van der Waals surface area contributed by atoms with Crippen LogP contribution >= 0.6 is 0 Å². The van der Waals surface area contributed by atoms with Crippen LogP contribution in [0.4, 0.5) is 0 Å². The Morgan fingerprint density at radius 1 is 0.875 bits per heavy atom. The van der Waals surface area contributed by atoms with E-state index < -0.39 is 12.1 Å². The number of unbranched alkanes of at least 4 members (excludes halogenated alkanes) is 1. The zero-order valence-electron chi connectivity index (χ0n) is 20.3. The second kappa shape index (κ2) is 14.6. The van der Waals surface area contributed by atoms with E-state index in [9.17, 15) is 14.4 Å². The summed E-state index contributed by atoms with van der Waals surface area (Å²) in [6, 6.07) is 8.46. The summed E-state index contributed by atoms with van der Waals surface area (Å²) >= 11 is 0. The molecule has 32 heavy (non-hydrogen) atoms. The van der Waals surface area contributed by atoms with E-state index in [1.165, 1.54) is 0 Å². The number of nitrogens with two attached hydrogens (primary N) is 1. The maximum atomic E-state index is 12.9. The van der Waals surface area contributed by atoms with Crippen LogP contribution < -0.4 is 21.7 Å². The van der Waals surface area contributed by atoms with Crippen molar-refractivity contribution in [3.05, 3.63) is 35.9 Å². The fourth-order valence-electron chi connectivity index (χ4n) is 3.71. The van der Waals surface area contributed by atoms with Gasteiger partial charge in [-0.05, 0) is 63.5 Å². The Balaban J connectivity index is 2.68. The first-order valence-electron chi connectivity index (χ1n) is 11.8. The van der Waals surface area contributed by atoms with E-state index in [4.69, 9.17) is 5.73 Å². The van der Waals surface area contributed by atoms with Crippen molar-refractivity contribution in [3.63, 3.8) is 0 Å². The van der Waals surface area contributed by atoms with Crippen molar-refractivity contribution in [1.29, 1.82) is 0 Å². The lowest BCUT2D eigenvalue weighted by Gasteiger charge is -2.23. The number of hydrogen-bond donors (Lipinski definition) is 4. The minimum Gasteiger partial charge on any atom is -0.352 e. The van der Waals surface area contributed by atoms with Gasteiger partial charge in [-0.15, -0.1) is 0 Å². The molecule has 0 aliphatic rings. The number of amides is 3. The first kappa shape index (κ1) is 27.6. The van der Waals surface area contributed by atoms with Gasteiger partial charge in [0.05, 0.1) is 0 Å².